The van der Waals surface area contributed by atoms with Gasteiger partial charge in [-0.2, -0.15) is 10.2 Å². The van der Waals surface area contributed by atoms with Gasteiger partial charge in [-0.3, -0.25) is 14.0 Å². The summed E-state index contributed by atoms with van der Waals surface area (Å²) >= 11 is 0. The SMILES string of the molecule is Cc1ccn(CC(=O)N2[C@@H]3CC[C@H]2Cc2nn(CC(C)C)c(=O)n2C3)n1. The van der Waals surface area contributed by atoms with Gasteiger partial charge >= 0.3 is 5.69 Å². The first-order valence-corrected chi connectivity index (χ1v) is 9.40. The van der Waals surface area contributed by atoms with Gasteiger partial charge in [0.25, 0.3) is 0 Å². The van der Waals surface area contributed by atoms with Crippen molar-refractivity contribution in [3.63, 3.8) is 0 Å². The average Bonchev–Trinajstić information content (AvgIpc) is 3.18. The first kappa shape index (κ1) is 17.1. The molecular weight excluding hydrogens is 332 g/mol. The fraction of sp³-hybridized carbons (Fsp3) is 0.667. The molecule has 140 valence electrons. The standard InChI is InChI=1S/C18H26N6O2/c1-12(2)9-23-18(26)22-10-15-5-4-14(8-16(22)20-23)24(15)17(25)11-21-7-6-13(3)19-21/h6-7,12,14-15H,4-5,8-11H2,1-3H3/t14-,15+/m0/s1. The van der Waals surface area contributed by atoms with Crippen LogP contribution in [0.1, 0.15) is 38.2 Å². The zero-order valence-electron chi connectivity index (χ0n) is 15.6. The highest BCUT2D eigenvalue weighted by molar-refractivity contribution is 5.77. The van der Waals surface area contributed by atoms with E-state index >= 15 is 0 Å². The lowest BCUT2D eigenvalue weighted by molar-refractivity contribution is -0.135. The van der Waals surface area contributed by atoms with Crippen molar-refractivity contribution in [3.05, 3.63) is 34.3 Å². The Labute approximate surface area is 152 Å². The predicted molar refractivity (Wildman–Crippen MR) is 95.6 cm³/mol. The maximum atomic E-state index is 12.9. The predicted octanol–water partition coefficient (Wildman–Crippen LogP) is 0.822. The van der Waals surface area contributed by atoms with Crippen LogP contribution in [0, 0.1) is 12.8 Å². The first-order valence-electron chi connectivity index (χ1n) is 9.40. The van der Waals surface area contributed by atoms with Crippen molar-refractivity contribution in [3.8, 4) is 0 Å². The number of fused-ring (bicyclic) bond motifs is 3. The number of aromatic nitrogens is 5. The van der Waals surface area contributed by atoms with Gasteiger partial charge < -0.3 is 4.90 Å². The van der Waals surface area contributed by atoms with Crippen molar-refractivity contribution in [2.45, 2.75) is 71.8 Å². The highest BCUT2D eigenvalue weighted by Crippen LogP contribution is 2.30. The van der Waals surface area contributed by atoms with Gasteiger partial charge in [0.15, 0.2) is 0 Å². The molecule has 0 N–H and O–H groups in total. The van der Waals surface area contributed by atoms with Gasteiger partial charge in [-0.15, -0.1) is 0 Å². The number of aryl methyl sites for hydroxylation is 1. The van der Waals surface area contributed by atoms with Crippen molar-refractivity contribution in [2.75, 3.05) is 0 Å². The number of rotatable bonds is 4. The van der Waals surface area contributed by atoms with Crippen molar-refractivity contribution >= 4 is 5.91 Å². The summed E-state index contributed by atoms with van der Waals surface area (Å²) in [4.78, 5) is 27.6. The Morgan fingerprint density at radius 3 is 2.73 bits per heavy atom. The number of carbonyl (C=O) groups excluding carboxylic acids is 1. The van der Waals surface area contributed by atoms with E-state index in [4.69, 9.17) is 0 Å². The Hall–Kier alpha value is -2.38. The molecule has 1 amide bonds. The highest BCUT2D eigenvalue weighted by atomic mass is 16.2. The van der Waals surface area contributed by atoms with Crippen LogP contribution < -0.4 is 5.69 Å². The molecule has 0 unspecified atom stereocenters. The second-order valence-electron chi connectivity index (χ2n) is 7.93. The third kappa shape index (κ3) is 2.97. The number of hydrogen-bond donors (Lipinski definition) is 0. The molecule has 2 aromatic heterocycles. The third-order valence-electron chi connectivity index (χ3n) is 5.33. The first-order chi connectivity index (χ1) is 12.4. The van der Waals surface area contributed by atoms with Gasteiger partial charge in [0, 0.05) is 31.7 Å². The van der Waals surface area contributed by atoms with E-state index in [2.05, 4.69) is 24.0 Å². The van der Waals surface area contributed by atoms with E-state index in [0.717, 1.165) is 24.4 Å². The summed E-state index contributed by atoms with van der Waals surface area (Å²) in [6, 6.07) is 2.09. The van der Waals surface area contributed by atoms with E-state index in [0.29, 0.717) is 25.4 Å². The third-order valence-corrected chi connectivity index (χ3v) is 5.33. The van der Waals surface area contributed by atoms with Crippen LogP contribution in [0.3, 0.4) is 0 Å². The average molecular weight is 358 g/mol. The van der Waals surface area contributed by atoms with E-state index in [1.807, 2.05) is 24.1 Å². The van der Waals surface area contributed by atoms with Crippen LogP contribution in [0.5, 0.6) is 0 Å². The molecule has 1 fully saturated rings. The number of hydrogen-bond acceptors (Lipinski definition) is 4. The quantitative estimate of drug-likeness (QED) is 0.811. The maximum Gasteiger partial charge on any atom is 0.345 e. The molecule has 0 radical (unpaired) electrons. The lowest BCUT2D eigenvalue weighted by Gasteiger charge is -2.28. The fourth-order valence-electron chi connectivity index (χ4n) is 4.23. The highest BCUT2D eigenvalue weighted by Gasteiger charge is 2.41. The molecule has 2 aliphatic rings. The van der Waals surface area contributed by atoms with Gasteiger partial charge in [0.2, 0.25) is 5.91 Å². The molecule has 0 aromatic carbocycles. The Morgan fingerprint density at radius 1 is 1.27 bits per heavy atom. The van der Waals surface area contributed by atoms with Gasteiger partial charge in [0.1, 0.15) is 12.4 Å². The lowest BCUT2D eigenvalue weighted by Crippen LogP contribution is -2.44. The summed E-state index contributed by atoms with van der Waals surface area (Å²) in [7, 11) is 0. The molecule has 2 bridgehead atoms. The summed E-state index contributed by atoms with van der Waals surface area (Å²) < 4.78 is 5.06. The minimum Gasteiger partial charge on any atom is -0.333 e. The van der Waals surface area contributed by atoms with Gasteiger partial charge in [0.05, 0.1) is 11.7 Å². The summed E-state index contributed by atoms with van der Waals surface area (Å²) in [5.74, 6) is 1.27. The maximum absolute atomic E-state index is 12.9. The molecule has 4 heterocycles. The van der Waals surface area contributed by atoms with Crippen LogP contribution in [0.2, 0.25) is 0 Å². The van der Waals surface area contributed by atoms with Crippen LogP contribution >= 0.6 is 0 Å². The Bertz CT molecular complexity index is 877. The molecule has 2 atom stereocenters. The molecule has 2 aromatic rings. The Kier molecular flexibility index (Phi) is 4.20. The minimum absolute atomic E-state index is 0.0450. The van der Waals surface area contributed by atoms with Crippen LogP contribution in [0.15, 0.2) is 17.1 Å². The Balaban J connectivity index is 1.56. The monoisotopic (exact) mass is 358 g/mol. The summed E-state index contributed by atoms with van der Waals surface area (Å²) in [5, 5.41) is 8.88. The Morgan fingerprint density at radius 2 is 2.04 bits per heavy atom. The van der Waals surface area contributed by atoms with Crippen LogP contribution in [0.25, 0.3) is 0 Å². The van der Waals surface area contributed by atoms with Crippen LogP contribution in [-0.2, 0) is 30.8 Å². The zero-order valence-corrected chi connectivity index (χ0v) is 15.6. The molecule has 2 aliphatic heterocycles. The summed E-state index contributed by atoms with van der Waals surface area (Å²) in [6.07, 6.45) is 4.40. The van der Waals surface area contributed by atoms with Crippen LogP contribution in [0.4, 0.5) is 0 Å². The van der Waals surface area contributed by atoms with Crippen molar-refractivity contribution < 1.29 is 4.79 Å². The molecule has 1 saturated heterocycles. The molecule has 0 saturated carbocycles. The van der Waals surface area contributed by atoms with Gasteiger partial charge in [-0.05, 0) is 31.7 Å². The number of carbonyl (C=O) groups is 1. The second kappa shape index (κ2) is 6.41. The molecule has 8 heteroatoms. The largest absolute Gasteiger partial charge is 0.345 e. The summed E-state index contributed by atoms with van der Waals surface area (Å²) in [6.45, 7) is 7.51. The smallest absolute Gasteiger partial charge is 0.333 e. The normalized spacial score (nSPS) is 21.9. The van der Waals surface area contributed by atoms with E-state index in [9.17, 15) is 9.59 Å². The molecule has 26 heavy (non-hydrogen) atoms. The van der Waals surface area contributed by atoms with E-state index in [1.54, 1.807) is 13.9 Å². The van der Waals surface area contributed by atoms with Gasteiger partial charge in [-0.25, -0.2) is 9.48 Å². The van der Waals surface area contributed by atoms with Crippen molar-refractivity contribution in [1.82, 2.24) is 29.0 Å². The number of nitrogens with zero attached hydrogens (tertiary/aromatic N) is 6. The van der Waals surface area contributed by atoms with Crippen molar-refractivity contribution in [2.24, 2.45) is 5.92 Å². The minimum atomic E-state index is -0.0450. The lowest BCUT2D eigenvalue weighted by atomic mass is 10.1. The second-order valence-corrected chi connectivity index (χ2v) is 7.93. The molecule has 4 rings (SSSR count). The van der Waals surface area contributed by atoms with E-state index < -0.39 is 0 Å². The molecule has 8 nitrogen and oxygen atoms in total. The van der Waals surface area contributed by atoms with E-state index in [1.165, 1.54) is 0 Å². The van der Waals surface area contributed by atoms with Crippen molar-refractivity contribution in [1.29, 1.82) is 0 Å². The fourth-order valence-corrected chi connectivity index (χ4v) is 4.23. The van der Waals surface area contributed by atoms with Gasteiger partial charge in [-0.1, -0.05) is 13.8 Å². The topological polar surface area (TPSA) is 78.0 Å². The summed E-state index contributed by atoms with van der Waals surface area (Å²) in [5.41, 5.74) is 0.860. The molecule has 0 aliphatic carbocycles. The zero-order chi connectivity index (χ0) is 18.4. The van der Waals surface area contributed by atoms with Crippen LogP contribution in [-0.4, -0.2) is 47.0 Å². The number of amides is 1. The molecule has 0 spiro atoms. The van der Waals surface area contributed by atoms with E-state index in [-0.39, 0.29) is 30.2 Å². The molecular formula is C18H26N6O2.